The second kappa shape index (κ2) is 4.13. The van der Waals surface area contributed by atoms with Crippen LogP contribution in [-0.4, -0.2) is 18.9 Å². The average Bonchev–Trinajstić information content (AvgIpc) is 2.26. The molecule has 0 fully saturated rings. The first kappa shape index (κ1) is 9.06. The van der Waals surface area contributed by atoms with Gasteiger partial charge in [0, 0.05) is 12.0 Å². The summed E-state index contributed by atoms with van der Waals surface area (Å²) >= 11 is 0. The summed E-state index contributed by atoms with van der Waals surface area (Å²) in [5, 5.41) is 4.08. The van der Waals surface area contributed by atoms with E-state index < -0.39 is 0 Å². The van der Waals surface area contributed by atoms with Crippen molar-refractivity contribution in [2.24, 2.45) is 5.16 Å². The molecule has 0 N–H and O–H groups in total. The number of rotatable bonds is 2. The standard InChI is InChI=1S/C11H13NO2/c1-2-14-12-10-7-8-13-11-6-4-3-5-9(10)11/h3-6H,2,7-8H2,1H3/b12-10-. The molecule has 1 aromatic rings. The molecule has 0 saturated carbocycles. The van der Waals surface area contributed by atoms with Crippen molar-refractivity contribution in [1.29, 1.82) is 0 Å². The Hall–Kier alpha value is -1.51. The number of oxime groups is 1. The molecule has 0 amide bonds. The summed E-state index contributed by atoms with van der Waals surface area (Å²) < 4.78 is 5.50. The number of hydrogen-bond acceptors (Lipinski definition) is 3. The molecule has 0 atom stereocenters. The fourth-order valence-corrected chi connectivity index (χ4v) is 1.46. The second-order valence-corrected chi connectivity index (χ2v) is 3.05. The quantitative estimate of drug-likeness (QED) is 0.671. The zero-order valence-corrected chi connectivity index (χ0v) is 8.19. The van der Waals surface area contributed by atoms with Gasteiger partial charge in [-0.1, -0.05) is 17.3 Å². The van der Waals surface area contributed by atoms with Gasteiger partial charge in [0.25, 0.3) is 0 Å². The lowest BCUT2D eigenvalue weighted by molar-refractivity contribution is 0.157. The first-order valence-corrected chi connectivity index (χ1v) is 4.83. The molecule has 1 aliphatic rings. The van der Waals surface area contributed by atoms with Crippen LogP contribution in [-0.2, 0) is 4.84 Å². The Morgan fingerprint density at radius 1 is 1.43 bits per heavy atom. The highest BCUT2D eigenvalue weighted by atomic mass is 16.6. The van der Waals surface area contributed by atoms with Crippen molar-refractivity contribution in [2.75, 3.05) is 13.2 Å². The molecule has 0 radical (unpaired) electrons. The van der Waals surface area contributed by atoms with Gasteiger partial charge in [0.15, 0.2) is 0 Å². The lowest BCUT2D eigenvalue weighted by Gasteiger charge is -2.17. The Kier molecular flexibility index (Phi) is 2.68. The molecule has 0 aliphatic carbocycles. The third kappa shape index (κ3) is 1.71. The molecule has 0 saturated heterocycles. The van der Waals surface area contributed by atoms with E-state index in [0.717, 1.165) is 23.4 Å². The highest BCUT2D eigenvalue weighted by Gasteiger charge is 2.16. The maximum absolute atomic E-state index is 5.50. The Morgan fingerprint density at radius 2 is 2.29 bits per heavy atom. The molecule has 0 unspecified atom stereocenters. The minimum Gasteiger partial charge on any atom is -0.492 e. The molecule has 3 heteroatoms. The molecule has 74 valence electrons. The van der Waals surface area contributed by atoms with Crippen LogP contribution >= 0.6 is 0 Å². The summed E-state index contributed by atoms with van der Waals surface area (Å²) in [5.74, 6) is 0.900. The number of ether oxygens (including phenoxy) is 1. The molecular formula is C11H13NO2. The van der Waals surface area contributed by atoms with E-state index in [-0.39, 0.29) is 0 Å². The molecule has 0 spiro atoms. The van der Waals surface area contributed by atoms with Crippen LogP contribution < -0.4 is 4.74 Å². The van der Waals surface area contributed by atoms with Gasteiger partial charge in [0.05, 0.1) is 12.3 Å². The van der Waals surface area contributed by atoms with Crippen LogP contribution in [0.4, 0.5) is 0 Å². The van der Waals surface area contributed by atoms with Crippen LogP contribution in [0.3, 0.4) is 0 Å². The number of fused-ring (bicyclic) bond motifs is 1. The Balaban J connectivity index is 2.31. The van der Waals surface area contributed by atoms with Gasteiger partial charge < -0.3 is 9.57 Å². The lowest BCUT2D eigenvalue weighted by atomic mass is 10.0. The van der Waals surface area contributed by atoms with Crippen molar-refractivity contribution < 1.29 is 9.57 Å². The largest absolute Gasteiger partial charge is 0.492 e. The van der Waals surface area contributed by atoms with E-state index in [9.17, 15) is 0 Å². The molecular weight excluding hydrogens is 178 g/mol. The fraction of sp³-hybridized carbons (Fsp3) is 0.364. The summed E-state index contributed by atoms with van der Waals surface area (Å²) in [6.45, 7) is 3.21. The van der Waals surface area contributed by atoms with E-state index in [1.54, 1.807) is 0 Å². The highest BCUT2D eigenvalue weighted by Crippen LogP contribution is 2.24. The van der Waals surface area contributed by atoms with Gasteiger partial charge in [0.2, 0.25) is 0 Å². The molecule has 1 aliphatic heterocycles. The molecule has 2 rings (SSSR count). The average molecular weight is 191 g/mol. The number of benzene rings is 1. The minimum absolute atomic E-state index is 0.604. The summed E-state index contributed by atoms with van der Waals surface area (Å²) in [6, 6.07) is 7.90. The zero-order chi connectivity index (χ0) is 9.80. The molecule has 1 heterocycles. The summed E-state index contributed by atoms with van der Waals surface area (Å²) in [5.41, 5.74) is 2.03. The fourth-order valence-electron chi connectivity index (χ4n) is 1.46. The van der Waals surface area contributed by atoms with E-state index in [4.69, 9.17) is 9.57 Å². The van der Waals surface area contributed by atoms with Crippen LogP contribution in [0.25, 0.3) is 0 Å². The topological polar surface area (TPSA) is 30.8 Å². The minimum atomic E-state index is 0.604. The Morgan fingerprint density at radius 3 is 3.14 bits per heavy atom. The molecule has 0 bridgehead atoms. The van der Waals surface area contributed by atoms with Crippen molar-refractivity contribution in [2.45, 2.75) is 13.3 Å². The van der Waals surface area contributed by atoms with Gasteiger partial charge in [-0.15, -0.1) is 0 Å². The van der Waals surface area contributed by atoms with Gasteiger partial charge in [0.1, 0.15) is 12.4 Å². The third-order valence-electron chi connectivity index (χ3n) is 2.10. The summed E-state index contributed by atoms with van der Waals surface area (Å²) in [6.07, 6.45) is 0.816. The predicted octanol–water partition coefficient (Wildman–Crippen LogP) is 2.21. The Bertz CT molecular complexity index is 347. The second-order valence-electron chi connectivity index (χ2n) is 3.05. The molecule has 1 aromatic carbocycles. The van der Waals surface area contributed by atoms with Crippen LogP contribution in [0, 0.1) is 0 Å². The van der Waals surface area contributed by atoms with E-state index in [2.05, 4.69) is 5.16 Å². The first-order valence-electron chi connectivity index (χ1n) is 4.83. The summed E-state index contributed by atoms with van der Waals surface area (Å²) in [7, 11) is 0. The maximum Gasteiger partial charge on any atom is 0.128 e. The monoisotopic (exact) mass is 191 g/mol. The summed E-state index contributed by atoms with van der Waals surface area (Å²) in [4.78, 5) is 5.06. The number of hydrogen-bond donors (Lipinski definition) is 0. The SMILES string of the molecule is CCO/N=C1/CCOc2ccccc21. The van der Waals surface area contributed by atoms with Crippen molar-refractivity contribution in [3.8, 4) is 5.75 Å². The lowest BCUT2D eigenvalue weighted by Crippen LogP contribution is -2.16. The van der Waals surface area contributed by atoms with Gasteiger partial charge in [-0.05, 0) is 19.1 Å². The van der Waals surface area contributed by atoms with Gasteiger partial charge in [-0.25, -0.2) is 0 Å². The van der Waals surface area contributed by atoms with Crippen molar-refractivity contribution in [3.05, 3.63) is 29.8 Å². The van der Waals surface area contributed by atoms with Gasteiger partial charge in [-0.3, -0.25) is 0 Å². The maximum atomic E-state index is 5.50. The zero-order valence-electron chi connectivity index (χ0n) is 8.19. The smallest absolute Gasteiger partial charge is 0.128 e. The first-order chi connectivity index (χ1) is 6.92. The van der Waals surface area contributed by atoms with Crippen molar-refractivity contribution >= 4 is 5.71 Å². The van der Waals surface area contributed by atoms with Crippen molar-refractivity contribution in [1.82, 2.24) is 0 Å². The van der Waals surface area contributed by atoms with Crippen molar-refractivity contribution in [3.63, 3.8) is 0 Å². The molecule has 14 heavy (non-hydrogen) atoms. The predicted molar refractivity (Wildman–Crippen MR) is 54.7 cm³/mol. The number of nitrogens with zero attached hydrogens (tertiary/aromatic N) is 1. The van der Waals surface area contributed by atoms with Crippen LogP contribution in [0.2, 0.25) is 0 Å². The molecule has 0 aromatic heterocycles. The Labute approximate surface area is 83.3 Å². The third-order valence-corrected chi connectivity index (χ3v) is 2.10. The normalized spacial score (nSPS) is 17.4. The number of para-hydroxylation sites is 1. The van der Waals surface area contributed by atoms with Gasteiger partial charge >= 0.3 is 0 Å². The van der Waals surface area contributed by atoms with E-state index in [0.29, 0.717) is 13.2 Å². The highest BCUT2D eigenvalue weighted by molar-refractivity contribution is 6.03. The van der Waals surface area contributed by atoms with Crippen LogP contribution in [0.1, 0.15) is 18.9 Å². The van der Waals surface area contributed by atoms with Crippen LogP contribution in [0.15, 0.2) is 29.4 Å². The molecule has 3 nitrogen and oxygen atoms in total. The van der Waals surface area contributed by atoms with E-state index in [1.165, 1.54) is 0 Å². The van der Waals surface area contributed by atoms with Crippen LogP contribution in [0.5, 0.6) is 5.75 Å². The van der Waals surface area contributed by atoms with Gasteiger partial charge in [-0.2, -0.15) is 0 Å². The van der Waals surface area contributed by atoms with E-state index in [1.807, 2.05) is 31.2 Å². The van der Waals surface area contributed by atoms with E-state index >= 15 is 0 Å².